The third-order valence-electron chi connectivity index (χ3n) is 4.07. The fourth-order valence-electron chi connectivity index (χ4n) is 2.74. The highest BCUT2D eigenvalue weighted by atomic mass is 79.9. The summed E-state index contributed by atoms with van der Waals surface area (Å²) in [6.45, 7) is 1.89. The van der Waals surface area contributed by atoms with Gasteiger partial charge in [0, 0.05) is 10.0 Å². The van der Waals surface area contributed by atoms with Crippen molar-refractivity contribution in [2.24, 2.45) is 0 Å². The van der Waals surface area contributed by atoms with Crippen LogP contribution in [0.15, 0.2) is 58.7 Å². The van der Waals surface area contributed by atoms with E-state index in [1.165, 1.54) is 6.08 Å². The number of nitrogens with zero attached hydrogens (tertiary/aromatic N) is 1. The summed E-state index contributed by atoms with van der Waals surface area (Å²) in [4.78, 5) is 37.7. The lowest BCUT2D eigenvalue weighted by atomic mass is 10.1. The molecule has 1 saturated heterocycles. The van der Waals surface area contributed by atoms with Gasteiger partial charge in [0.1, 0.15) is 11.4 Å². The predicted octanol–water partition coefficient (Wildman–Crippen LogP) is 3.48. The van der Waals surface area contributed by atoms with Crippen LogP contribution >= 0.6 is 15.9 Å². The molecule has 0 unspecified atom stereocenters. The molecule has 0 aliphatic carbocycles. The van der Waals surface area contributed by atoms with E-state index in [2.05, 4.69) is 21.2 Å². The number of esters is 1. The standard InChI is InChI=1S/C21H19BrN2O5/c1-2-28-19(25)13-29-18-9-8-16(22)10-15(18)11-17-20(26)24(21(27)23-17)12-14-6-4-3-5-7-14/h3-11H,2,12-13H2,1H3,(H,23,27)/b17-11+. The smallest absolute Gasteiger partial charge is 0.344 e. The van der Waals surface area contributed by atoms with Crippen LogP contribution in [-0.4, -0.2) is 36.0 Å². The van der Waals surface area contributed by atoms with Gasteiger partial charge in [-0.3, -0.25) is 9.69 Å². The number of hydrogen-bond acceptors (Lipinski definition) is 5. The molecule has 3 amide bonds. The van der Waals surface area contributed by atoms with E-state index >= 15 is 0 Å². The average Bonchev–Trinajstić information content (AvgIpc) is 2.96. The number of benzene rings is 2. The van der Waals surface area contributed by atoms with Crippen molar-refractivity contribution < 1.29 is 23.9 Å². The summed E-state index contributed by atoms with van der Waals surface area (Å²) in [5.74, 6) is -0.541. The molecule has 0 radical (unpaired) electrons. The molecule has 1 fully saturated rings. The van der Waals surface area contributed by atoms with Crippen molar-refractivity contribution in [3.63, 3.8) is 0 Å². The number of carbonyl (C=O) groups excluding carboxylic acids is 3. The molecular formula is C21H19BrN2O5. The Morgan fingerprint density at radius 1 is 1.17 bits per heavy atom. The molecule has 1 aliphatic heterocycles. The molecule has 1 N–H and O–H groups in total. The number of ether oxygens (including phenoxy) is 2. The van der Waals surface area contributed by atoms with Gasteiger partial charge in [0.25, 0.3) is 5.91 Å². The van der Waals surface area contributed by atoms with Crippen molar-refractivity contribution in [2.75, 3.05) is 13.2 Å². The van der Waals surface area contributed by atoms with Crippen LogP contribution in [0.1, 0.15) is 18.1 Å². The summed E-state index contributed by atoms with van der Waals surface area (Å²) in [7, 11) is 0. The number of nitrogens with one attached hydrogen (secondary N) is 1. The molecule has 1 aliphatic rings. The van der Waals surface area contributed by atoms with Gasteiger partial charge in [-0.15, -0.1) is 0 Å². The quantitative estimate of drug-likeness (QED) is 0.390. The number of hydrogen-bond donors (Lipinski definition) is 1. The molecule has 8 heteroatoms. The van der Waals surface area contributed by atoms with Crippen molar-refractivity contribution in [3.8, 4) is 5.75 Å². The van der Waals surface area contributed by atoms with Crippen LogP contribution < -0.4 is 10.1 Å². The Bertz CT molecular complexity index is 959. The molecule has 3 rings (SSSR count). The fraction of sp³-hybridized carbons (Fsp3) is 0.190. The zero-order valence-electron chi connectivity index (χ0n) is 15.7. The summed E-state index contributed by atoms with van der Waals surface area (Å²) >= 11 is 3.37. The molecule has 1 heterocycles. The molecule has 29 heavy (non-hydrogen) atoms. The second-order valence-corrected chi connectivity index (χ2v) is 7.06. The first-order valence-corrected chi connectivity index (χ1v) is 9.73. The number of halogens is 1. The maximum atomic E-state index is 12.7. The van der Waals surface area contributed by atoms with Gasteiger partial charge < -0.3 is 14.8 Å². The van der Waals surface area contributed by atoms with E-state index < -0.39 is 17.9 Å². The topological polar surface area (TPSA) is 84.9 Å². The molecule has 0 bridgehead atoms. The minimum atomic E-state index is -0.492. The number of amides is 3. The molecule has 2 aromatic rings. The van der Waals surface area contributed by atoms with E-state index in [0.29, 0.717) is 11.3 Å². The molecule has 0 spiro atoms. The van der Waals surface area contributed by atoms with Crippen LogP contribution in [0.2, 0.25) is 0 Å². The highest BCUT2D eigenvalue weighted by Gasteiger charge is 2.33. The SMILES string of the molecule is CCOC(=O)COc1ccc(Br)cc1/C=C1/NC(=O)N(Cc2ccccc2)C1=O. The van der Waals surface area contributed by atoms with Crippen molar-refractivity contribution in [1.29, 1.82) is 0 Å². The van der Waals surface area contributed by atoms with Gasteiger partial charge in [-0.25, -0.2) is 9.59 Å². The molecule has 150 valence electrons. The van der Waals surface area contributed by atoms with Crippen LogP contribution in [0.5, 0.6) is 5.75 Å². The summed E-state index contributed by atoms with van der Waals surface area (Å²) in [5, 5.41) is 2.59. The summed E-state index contributed by atoms with van der Waals surface area (Å²) in [5.41, 5.74) is 1.51. The first-order chi connectivity index (χ1) is 14.0. The highest BCUT2D eigenvalue weighted by Crippen LogP contribution is 2.27. The van der Waals surface area contributed by atoms with Gasteiger partial charge in [0.15, 0.2) is 6.61 Å². The van der Waals surface area contributed by atoms with Crippen LogP contribution in [0.4, 0.5) is 4.79 Å². The third kappa shape index (κ3) is 5.23. The minimum absolute atomic E-state index is 0.130. The number of carbonyl (C=O) groups is 3. The molecule has 7 nitrogen and oxygen atoms in total. The van der Waals surface area contributed by atoms with Crippen molar-refractivity contribution in [3.05, 3.63) is 69.8 Å². The van der Waals surface area contributed by atoms with Gasteiger partial charge in [-0.2, -0.15) is 0 Å². The van der Waals surface area contributed by atoms with Crippen LogP contribution in [0.3, 0.4) is 0 Å². The molecular weight excluding hydrogens is 440 g/mol. The van der Waals surface area contributed by atoms with Crippen molar-refractivity contribution in [1.82, 2.24) is 10.2 Å². The minimum Gasteiger partial charge on any atom is -0.481 e. The number of imide groups is 1. The zero-order chi connectivity index (χ0) is 20.8. The van der Waals surface area contributed by atoms with E-state index in [4.69, 9.17) is 9.47 Å². The number of rotatable bonds is 7. The Morgan fingerprint density at radius 3 is 2.66 bits per heavy atom. The van der Waals surface area contributed by atoms with Gasteiger partial charge >= 0.3 is 12.0 Å². The Labute approximate surface area is 176 Å². The van der Waals surface area contributed by atoms with Crippen LogP contribution in [0, 0.1) is 0 Å². The Kier molecular flexibility index (Phi) is 6.66. The highest BCUT2D eigenvalue weighted by molar-refractivity contribution is 9.10. The maximum absolute atomic E-state index is 12.7. The average molecular weight is 459 g/mol. The first-order valence-electron chi connectivity index (χ1n) is 8.94. The molecule has 0 atom stereocenters. The Morgan fingerprint density at radius 2 is 1.93 bits per heavy atom. The van der Waals surface area contributed by atoms with E-state index in [9.17, 15) is 14.4 Å². The summed E-state index contributed by atoms with van der Waals surface area (Å²) in [6.07, 6.45) is 1.52. The normalized spacial score (nSPS) is 14.8. The summed E-state index contributed by atoms with van der Waals surface area (Å²) in [6, 6.07) is 13.9. The molecule has 0 saturated carbocycles. The van der Waals surface area contributed by atoms with E-state index in [1.54, 1.807) is 25.1 Å². The lowest BCUT2D eigenvalue weighted by Gasteiger charge is -2.11. The van der Waals surface area contributed by atoms with Gasteiger partial charge in [0.2, 0.25) is 0 Å². The maximum Gasteiger partial charge on any atom is 0.344 e. The third-order valence-corrected chi connectivity index (χ3v) is 4.56. The van der Waals surface area contributed by atoms with Crippen molar-refractivity contribution in [2.45, 2.75) is 13.5 Å². The van der Waals surface area contributed by atoms with E-state index in [-0.39, 0.29) is 25.5 Å². The lowest BCUT2D eigenvalue weighted by molar-refractivity contribution is -0.145. The van der Waals surface area contributed by atoms with Crippen LogP contribution in [-0.2, 0) is 20.9 Å². The van der Waals surface area contributed by atoms with E-state index in [1.807, 2.05) is 30.3 Å². The predicted molar refractivity (Wildman–Crippen MR) is 110 cm³/mol. The lowest BCUT2D eigenvalue weighted by Crippen LogP contribution is -2.30. The fourth-order valence-corrected chi connectivity index (χ4v) is 3.12. The van der Waals surface area contributed by atoms with E-state index in [0.717, 1.165) is 14.9 Å². The Balaban J connectivity index is 1.80. The molecule has 0 aromatic heterocycles. The second kappa shape index (κ2) is 9.38. The Hall–Kier alpha value is -3.13. The second-order valence-electron chi connectivity index (χ2n) is 6.14. The van der Waals surface area contributed by atoms with Gasteiger partial charge in [0.05, 0.1) is 13.2 Å². The summed E-state index contributed by atoms with van der Waals surface area (Å²) < 4.78 is 11.1. The number of urea groups is 1. The first kappa shape index (κ1) is 20.6. The van der Waals surface area contributed by atoms with Crippen molar-refractivity contribution >= 4 is 39.9 Å². The van der Waals surface area contributed by atoms with Crippen LogP contribution in [0.25, 0.3) is 6.08 Å². The monoisotopic (exact) mass is 458 g/mol. The van der Waals surface area contributed by atoms with Gasteiger partial charge in [-0.1, -0.05) is 46.3 Å². The van der Waals surface area contributed by atoms with Gasteiger partial charge in [-0.05, 0) is 36.8 Å². The molecule has 2 aromatic carbocycles. The zero-order valence-corrected chi connectivity index (χ0v) is 17.3. The largest absolute Gasteiger partial charge is 0.481 e.